The van der Waals surface area contributed by atoms with Crippen LogP contribution in [0, 0.1) is 5.82 Å². The van der Waals surface area contributed by atoms with E-state index in [4.69, 9.17) is 13.7 Å². The van der Waals surface area contributed by atoms with Crippen molar-refractivity contribution in [1.29, 1.82) is 0 Å². The number of halogens is 4. The van der Waals surface area contributed by atoms with Crippen LogP contribution in [0.1, 0.15) is 61.9 Å². The highest BCUT2D eigenvalue weighted by atomic mass is 32.2. The van der Waals surface area contributed by atoms with Gasteiger partial charge in [-0.25, -0.2) is 4.39 Å². The van der Waals surface area contributed by atoms with Gasteiger partial charge in [-0.2, -0.15) is 18.2 Å². The van der Waals surface area contributed by atoms with Gasteiger partial charge in [0.2, 0.25) is 5.91 Å². The normalized spacial score (nSPS) is 19.1. The molecule has 0 saturated carbocycles. The van der Waals surface area contributed by atoms with E-state index in [0.717, 1.165) is 16.7 Å². The van der Waals surface area contributed by atoms with E-state index >= 15 is 0 Å². The second-order valence-electron chi connectivity index (χ2n) is 10.6. The predicted molar refractivity (Wildman–Crippen MR) is 177 cm³/mol. The molecule has 1 aliphatic rings. The Hall–Kier alpha value is -3.96. The fourth-order valence-corrected chi connectivity index (χ4v) is 5.80. The molecule has 0 N–H and O–H groups in total. The maximum atomic E-state index is 14.4. The van der Waals surface area contributed by atoms with E-state index in [1.165, 1.54) is 17.0 Å². The lowest BCUT2D eigenvalue weighted by Gasteiger charge is -2.28. The highest BCUT2D eigenvalue weighted by Crippen LogP contribution is 2.31. The summed E-state index contributed by atoms with van der Waals surface area (Å²) in [6.45, 7) is 4.87. The summed E-state index contributed by atoms with van der Waals surface area (Å²) >= 11 is 0.588. The van der Waals surface area contributed by atoms with E-state index in [2.05, 4.69) is 4.98 Å². The molecule has 0 saturated heterocycles. The molecule has 0 radical (unpaired) electrons. The average Bonchev–Trinajstić information content (AvgIpc) is 3.27. The van der Waals surface area contributed by atoms with E-state index in [-0.39, 0.29) is 18.7 Å². The summed E-state index contributed by atoms with van der Waals surface area (Å²) in [5.74, 6) is -2.53. The van der Waals surface area contributed by atoms with Crippen molar-refractivity contribution in [3.05, 3.63) is 117 Å². The second-order valence-corrected chi connectivity index (χ2v) is 11.5. The molecule has 0 atom stereocenters. The molecule has 1 heterocycles. The Morgan fingerprint density at radius 1 is 0.957 bits per heavy atom. The van der Waals surface area contributed by atoms with Crippen molar-refractivity contribution in [1.82, 2.24) is 19.4 Å². The fourth-order valence-electron chi connectivity index (χ4n) is 4.92. The van der Waals surface area contributed by atoms with Crippen molar-refractivity contribution in [3.63, 3.8) is 0 Å². The number of alkyl halides is 3. The van der Waals surface area contributed by atoms with Gasteiger partial charge in [0.25, 0.3) is 5.56 Å². The van der Waals surface area contributed by atoms with Gasteiger partial charge in [-0.3, -0.25) is 9.59 Å². The van der Waals surface area contributed by atoms with Crippen LogP contribution in [-0.2, 0) is 42.6 Å². The SMILES string of the molecule is [2H]c1c([2H])c(CSc2nc(=O)c3c(n2CC(=O)N(CCN(CC)CC)Cc2ccc(-c4ccc(C(F)(F)F)cc4)cc2)C([2H])([2H])C([2H])([2H])C3([2H])[2H])c([2H])c([2H])c1F. The largest absolute Gasteiger partial charge is 0.416 e. The molecule has 0 bridgehead atoms. The van der Waals surface area contributed by atoms with Gasteiger partial charge < -0.3 is 14.4 Å². The number of benzene rings is 3. The van der Waals surface area contributed by atoms with Gasteiger partial charge in [0.15, 0.2) is 5.16 Å². The van der Waals surface area contributed by atoms with Crippen LogP contribution in [0.15, 0.2) is 82.7 Å². The van der Waals surface area contributed by atoms with E-state index in [1.54, 1.807) is 24.3 Å². The lowest BCUT2D eigenvalue weighted by molar-refractivity contribution is -0.137. The zero-order valence-corrected chi connectivity index (χ0v) is 26.4. The van der Waals surface area contributed by atoms with Crippen molar-refractivity contribution in [2.24, 2.45) is 0 Å². The monoisotopic (exact) mass is 676 g/mol. The van der Waals surface area contributed by atoms with Gasteiger partial charge in [0, 0.05) is 44.9 Å². The van der Waals surface area contributed by atoms with Crippen LogP contribution in [0.25, 0.3) is 11.1 Å². The molecule has 3 aromatic carbocycles. The van der Waals surface area contributed by atoms with Crippen molar-refractivity contribution >= 4 is 17.7 Å². The second kappa shape index (κ2) is 15.3. The van der Waals surface area contributed by atoms with Crippen LogP contribution in [-0.4, -0.2) is 51.4 Å². The topological polar surface area (TPSA) is 58.4 Å². The van der Waals surface area contributed by atoms with E-state index < -0.39 is 101 Å². The van der Waals surface area contributed by atoms with Gasteiger partial charge in [-0.15, -0.1) is 0 Å². The summed E-state index contributed by atoms with van der Waals surface area (Å²) in [6.07, 6.45) is -14.2. The summed E-state index contributed by atoms with van der Waals surface area (Å²) in [5, 5.41) is -0.407. The minimum Gasteiger partial charge on any atom is -0.336 e. The number of hydrogen-bond acceptors (Lipinski definition) is 5. The first-order valence-corrected chi connectivity index (χ1v) is 15.8. The molecule has 0 aliphatic heterocycles. The lowest BCUT2D eigenvalue weighted by Crippen LogP contribution is -2.40. The van der Waals surface area contributed by atoms with E-state index in [1.807, 2.05) is 18.7 Å². The molecule has 0 unspecified atom stereocenters. The Kier molecular flexibility index (Phi) is 7.61. The summed E-state index contributed by atoms with van der Waals surface area (Å²) in [5.41, 5.74) is -2.34. The standard InChI is InChI=1S/C36H38F4N4O2S/c1-3-42(4-2)20-21-43(22-25-8-12-27(13-9-25)28-14-16-29(17-15-28)36(38,39)40)33(45)23-44-32-7-5-6-31(32)34(46)41-35(44)47-24-26-10-18-30(37)19-11-26/h8-19H,3-7,20-24H2,1-2H3/i5D2,6D2,7D2,10D,11D,18D,19D. The van der Waals surface area contributed by atoms with Gasteiger partial charge in [-0.1, -0.05) is 74.1 Å². The molecule has 5 rings (SSSR count). The van der Waals surface area contributed by atoms with Crippen molar-refractivity contribution in [2.45, 2.75) is 63.1 Å². The Balaban J connectivity index is 1.55. The van der Waals surface area contributed by atoms with Crippen LogP contribution in [0.4, 0.5) is 17.6 Å². The van der Waals surface area contributed by atoms with E-state index in [9.17, 15) is 27.2 Å². The number of thioether (sulfide) groups is 1. The lowest BCUT2D eigenvalue weighted by atomic mass is 10.0. The smallest absolute Gasteiger partial charge is 0.336 e. The fraction of sp³-hybridized carbons (Fsp3) is 0.361. The first kappa shape index (κ1) is 23.4. The minimum absolute atomic E-state index is 0.0151. The van der Waals surface area contributed by atoms with Crippen LogP contribution in [0.5, 0.6) is 0 Å². The number of fused-ring (bicyclic) bond motifs is 1. The average molecular weight is 677 g/mol. The van der Waals surface area contributed by atoms with Crippen LogP contribution < -0.4 is 5.56 Å². The summed E-state index contributed by atoms with van der Waals surface area (Å²) in [4.78, 5) is 35.2. The number of nitrogens with zero attached hydrogens (tertiary/aromatic N) is 4. The van der Waals surface area contributed by atoms with Crippen LogP contribution in [0.3, 0.4) is 0 Å². The number of amides is 1. The van der Waals surface area contributed by atoms with Crippen LogP contribution in [0.2, 0.25) is 0 Å². The number of aromatic nitrogens is 2. The molecule has 11 heteroatoms. The zero-order valence-electron chi connectivity index (χ0n) is 35.6. The Morgan fingerprint density at radius 2 is 1.60 bits per heavy atom. The molecule has 1 amide bonds. The zero-order chi connectivity index (χ0) is 42.4. The minimum atomic E-state index is -4.49. The van der Waals surface area contributed by atoms with Crippen molar-refractivity contribution < 1.29 is 36.1 Å². The molecule has 4 aromatic rings. The molecule has 47 heavy (non-hydrogen) atoms. The Bertz CT molecular complexity index is 2190. The number of carbonyl (C=O) groups is 1. The Labute approximate surface area is 290 Å². The number of likely N-dealkylation sites (N-methyl/N-ethyl adjacent to an activating group) is 1. The summed E-state index contributed by atoms with van der Waals surface area (Å²) < 4.78 is 138. The van der Waals surface area contributed by atoms with Gasteiger partial charge in [0.1, 0.15) is 12.4 Å². The third-order valence-corrected chi connectivity index (χ3v) is 8.61. The molecular weight excluding hydrogens is 628 g/mol. The number of rotatable bonds is 13. The first-order valence-electron chi connectivity index (χ1n) is 19.8. The predicted octanol–water partition coefficient (Wildman–Crippen LogP) is 7.22. The first-order chi connectivity index (χ1) is 26.5. The number of hydrogen-bond donors (Lipinski definition) is 0. The maximum absolute atomic E-state index is 14.4. The molecule has 1 aliphatic carbocycles. The Morgan fingerprint density at radius 3 is 2.21 bits per heavy atom. The van der Waals surface area contributed by atoms with Crippen LogP contribution >= 0.6 is 11.8 Å². The van der Waals surface area contributed by atoms with Gasteiger partial charge in [0.05, 0.1) is 11.0 Å². The highest BCUT2D eigenvalue weighted by molar-refractivity contribution is 7.98. The van der Waals surface area contributed by atoms with Crippen molar-refractivity contribution in [3.8, 4) is 11.1 Å². The summed E-state index contributed by atoms with van der Waals surface area (Å²) in [7, 11) is 0. The van der Waals surface area contributed by atoms with Gasteiger partial charge in [-0.05, 0) is 78.7 Å². The molecule has 6 nitrogen and oxygen atoms in total. The molecule has 248 valence electrons. The highest BCUT2D eigenvalue weighted by Gasteiger charge is 2.30. The molecular formula is C36H38F4N4O2S. The van der Waals surface area contributed by atoms with Crippen molar-refractivity contribution in [2.75, 3.05) is 26.2 Å². The maximum Gasteiger partial charge on any atom is 0.416 e. The molecule has 1 aromatic heterocycles. The number of carbonyl (C=O) groups excluding carboxylic acids is 1. The quantitative estimate of drug-likeness (QED) is 0.0851. The third kappa shape index (κ3) is 8.70. The molecule has 0 fully saturated rings. The summed E-state index contributed by atoms with van der Waals surface area (Å²) in [6, 6.07) is 8.03. The molecule has 0 spiro atoms. The van der Waals surface area contributed by atoms with Gasteiger partial charge >= 0.3 is 6.18 Å². The van der Waals surface area contributed by atoms with E-state index in [0.29, 0.717) is 48.1 Å². The third-order valence-electron chi connectivity index (χ3n) is 7.61.